The van der Waals surface area contributed by atoms with Crippen LogP contribution in [0.5, 0.6) is 0 Å². The van der Waals surface area contributed by atoms with Gasteiger partial charge in [0.15, 0.2) is 0 Å². The van der Waals surface area contributed by atoms with Crippen molar-refractivity contribution < 1.29 is 9.59 Å². The van der Waals surface area contributed by atoms with Crippen molar-refractivity contribution in [1.29, 1.82) is 0 Å². The molecule has 4 aromatic rings. The molecule has 6 rings (SSSR count). The van der Waals surface area contributed by atoms with Gasteiger partial charge in [0.05, 0.1) is 12.1 Å². The van der Waals surface area contributed by atoms with Crippen molar-refractivity contribution in [3.05, 3.63) is 99.7 Å². The van der Waals surface area contributed by atoms with Crippen molar-refractivity contribution in [3.8, 4) is 11.1 Å². The standard InChI is InChI=1S/C32H33N5O3/c1-21-5-6-24(30(38)34-25-8-9-25)18-27(21)23-7-10-26-28(17-23)29(31(39)35-37-15-3-2-4-16-37)20-36(32(26)40)19-22-11-13-33-14-12-22/h5-7,10-14,17-18,20,25H,2-4,8-9,15-16,19H2,1H3,(H,34,38)(H,35,39). The zero-order chi connectivity index (χ0) is 27.6. The predicted octanol–water partition coefficient (Wildman–Crippen LogP) is 4.44. The number of benzene rings is 2. The zero-order valence-corrected chi connectivity index (χ0v) is 22.7. The van der Waals surface area contributed by atoms with E-state index in [4.69, 9.17) is 0 Å². The second-order valence-corrected chi connectivity index (χ2v) is 10.9. The van der Waals surface area contributed by atoms with E-state index in [1.807, 2.05) is 54.4 Å². The van der Waals surface area contributed by atoms with Gasteiger partial charge in [-0.15, -0.1) is 0 Å². The van der Waals surface area contributed by atoms with Gasteiger partial charge in [0.2, 0.25) is 0 Å². The molecule has 2 fully saturated rings. The van der Waals surface area contributed by atoms with Crippen LogP contribution in [0.25, 0.3) is 21.9 Å². The zero-order valence-electron chi connectivity index (χ0n) is 22.7. The van der Waals surface area contributed by atoms with Crippen molar-refractivity contribution in [2.75, 3.05) is 13.1 Å². The lowest BCUT2D eigenvalue weighted by atomic mass is 9.94. The summed E-state index contributed by atoms with van der Waals surface area (Å²) in [6.45, 7) is 3.94. The van der Waals surface area contributed by atoms with Crippen LogP contribution in [0.15, 0.2) is 71.9 Å². The van der Waals surface area contributed by atoms with Crippen LogP contribution in [0.4, 0.5) is 0 Å². The maximum atomic E-state index is 13.7. The number of nitrogens with zero attached hydrogens (tertiary/aromatic N) is 3. The van der Waals surface area contributed by atoms with E-state index in [1.54, 1.807) is 29.2 Å². The molecule has 0 radical (unpaired) electrons. The summed E-state index contributed by atoms with van der Waals surface area (Å²) >= 11 is 0. The van der Waals surface area contributed by atoms with Gasteiger partial charge >= 0.3 is 0 Å². The van der Waals surface area contributed by atoms with Crippen LogP contribution in [0.2, 0.25) is 0 Å². The van der Waals surface area contributed by atoms with Crippen LogP contribution < -0.4 is 16.3 Å². The maximum absolute atomic E-state index is 13.7. The van der Waals surface area contributed by atoms with Gasteiger partial charge in [-0.25, -0.2) is 5.01 Å². The van der Waals surface area contributed by atoms with Gasteiger partial charge in [-0.2, -0.15) is 0 Å². The summed E-state index contributed by atoms with van der Waals surface area (Å²) < 4.78 is 1.59. The Bertz CT molecular complexity index is 1640. The van der Waals surface area contributed by atoms with Crippen LogP contribution in [0.1, 0.15) is 63.9 Å². The topological polar surface area (TPSA) is 96.3 Å². The molecule has 40 heavy (non-hydrogen) atoms. The van der Waals surface area contributed by atoms with E-state index < -0.39 is 0 Å². The summed E-state index contributed by atoms with van der Waals surface area (Å²) in [6.07, 6.45) is 10.3. The van der Waals surface area contributed by atoms with Gasteiger partial charge in [0, 0.05) is 54.1 Å². The second kappa shape index (κ2) is 11.1. The van der Waals surface area contributed by atoms with E-state index in [-0.39, 0.29) is 23.4 Å². The average molecular weight is 536 g/mol. The molecule has 3 heterocycles. The van der Waals surface area contributed by atoms with Crippen LogP contribution >= 0.6 is 0 Å². The molecule has 8 nitrogen and oxygen atoms in total. The maximum Gasteiger partial charge on any atom is 0.267 e. The summed E-state index contributed by atoms with van der Waals surface area (Å²) in [6, 6.07) is 15.3. The minimum Gasteiger partial charge on any atom is -0.349 e. The quantitative estimate of drug-likeness (QED) is 0.365. The van der Waals surface area contributed by atoms with Gasteiger partial charge in [0.25, 0.3) is 17.4 Å². The molecule has 1 aliphatic carbocycles. The average Bonchev–Trinajstić information content (AvgIpc) is 3.79. The van der Waals surface area contributed by atoms with E-state index in [9.17, 15) is 14.4 Å². The molecule has 2 aromatic carbocycles. The normalized spacial score (nSPS) is 15.6. The number of aryl methyl sites for hydroxylation is 1. The number of carbonyl (C=O) groups is 2. The Balaban J connectivity index is 1.43. The first kappa shape index (κ1) is 26.0. The first-order chi connectivity index (χ1) is 19.5. The van der Waals surface area contributed by atoms with Crippen LogP contribution in [-0.4, -0.2) is 45.5 Å². The molecule has 2 aromatic heterocycles. The number of pyridine rings is 2. The molecule has 0 spiro atoms. The Morgan fingerprint density at radius 3 is 2.45 bits per heavy atom. The number of carbonyl (C=O) groups excluding carboxylic acids is 2. The van der Waals surface area contributed by atoms with E-state index in [2.05, 4.69) is 15.7 Å². The van der Waals surface area contributed by atoms with Gasteiger partial charge in [-0.1, -0.05) is 18.6 Å². The smallest absolute Gasteiger partial charge is 0.267 e. The minimum absolute atomic E-state index is 0.0786. The molecule has 0 atom stereocenters. The van der Waals surface area contributed by atoms with Gasteiger partial charge < -0.3 is 9.88 Å². The lowest BCUT2D eigenvalue weighted by Crippen LogP contribution is -2.45. The second-order valence-electron chi connectivity index (χ2n) is 10.9. The SMILES string of the molecule is Cc1ccc(C(=O)NC2CC2)cc1-c1ccc2c(=O)n(Cc3ccncc3)cc(C(=O)NN3CCCCC3)c2c1. The number of hydrogen-bond donors (Lipinski definition) is 2. The van der Waals surface area contributed by atoms with Crippen molar-refractivity contribution in [3.63, 3.8) is 0 Å². The molecule has 8 heteroatoms. The molecule has 204 valence electrons. The van der Waals surface area contributed by atoms with Crippen LogP contribution in [-0.2, 0) is 6.54 Å². The van der Waals surface area contributed by atoms with E-state index in [0.717, 1.165) is 67.4 Å². The number of hydrazine groups is 1. The molecule has 2 amide bonds. The Labute approximate surface area is 233 Å². The highest BCUT2D eigenvalue weighted by Gasteiger charge is 2.24. The van der Waals surface area contributed by atoms with Gasteiger partial charge in [0.1, 0.15) is 0 Å². The molecule has 1 saturated heterocycles. The molecule has 2 aliphatic rings. The fraction of sp³-hybridized carbons (Fsp3) is 0.312. The van der Waals surface area contributed by atoms with Gasteiger partial charge in [-0.3, -0.25) is 24.8 Å². The number of piperidine rings is 1. The summed E-state index contributed by atoms with van der Waals surface area (Å²) in [4.78, 5) is 44.1. The van der Waals surface area contributed by atoms with E-state index in [1.165, 1.54) is 0 Å². The van der Waals surface area contributed by atoms with Crippen molar-refractivity contribution in [2.24, 2.45) is 0 Å². The number of hydrogen-bond acceptors (Lipinski definition) is 5. The fourth-order valence-electron chi connectivity index (χ4n) is 5.32. The number of aromatic nitrogens is 2. The number of fused-ring (bicyclic) bond motifs is 1. The lowest BCUT2D eigenvalue weighted by molar-refractivity contribution is 0.0750. The lowest BCUT2D eigenvalue weighted by Gasteiger charge is -2.27. The third kappa shape index (κ3) is 5.53. The summed E-state index contributed by atoms with van der Waals surface area (Å²) in [5.74, 6) is -0.313. The van der Waals surface area contributed by atoms with Crippen molar-refractivity contribution in [2.45, 2.75) is 51.6 Å². The molecule has 1 saturated carbocycles. The largest absolute Gasteiger partial charge is 0.349 e. The Kier molecular flexibility index (Phi) is 7.17. The Morgan fingerprint density at radius 1 is 0.925 bits per heavy atom. The number of nitrogens with one attached hydrogen (secondary N) is 2. The molecule has 0 bridgehead atoms. The molecule has 2 N–H and O–H groups in total. The number of amides is 2. The first-order valence-electron chi connectivity index (χ1n) is 14.0. The third-order valence-electron chi connectivity index (χ3n) is 7.77. The first-order valence-corrected chi connectivity index (χ1v) is 14.0. The monoisotopic (exact) mass is 535 g/mol. The summed E-state index contributed by atoms with van der Waals surface area (Å²) in [5, 5.41) is 6.08. The Morgan fingerprint density at radius 2 is 1.70 bits per heavy atom. The van der Waals surface area contributed by atoms with Crippen LogP contribution in [0.3, 0.4) is 0 Å². The van der Waals surface area contributed by atoms with Crippen molar-refractivity contribution >= 4 is 22.6 Å². The highest BCUT2D eigenvalue weighted by Crippen LogP contribution is 2.29. The fourth-order valence-corrected chi connectivity index (χ4v) is 5.32. The van der Waals surface area contributed by atoms with Crippen LogP contribution in [0, 0.1) is 6.92 Å². The predicted molar refractivity (Wildman–Crippen MR) is 155 cm³/mol. The van der Waals surface area contributed by atoms with E-state index in [0.29, 0.717) is 28.4 Å². The molecular formula is C32H33N5O3. The highest BCUT2D eigenvalue weighted by atomic mass is 16.2. The Hall–Kier alpha value is -4.30. The summed E-state index contributed by atoms with van der Waals surface area (Å²) in [7, 11) is 0. The molecular weight excluding hydrogens is 502 g/mol. The van der Waals surface area contributed by atoms with E-state index >= 15 is 0 Å². The van der Waals surface area contributed by atoms with Gasteiger partial charge in [-0.05, 0) is 91.3 Å². The molecule has 0 unspecified atom stereocenters. The minimum atomic E-state index is -0.234. The third-order valence-corrected chi connectivity index (χ3v) is 7.77. The number of rotatable bonds is 7. The van der Waals surface area contributed by atoms with Crippen molar-refractivity contribution in [1.82, 2.24) is 25.3 Å². The highest BCUT2D eigenvalue weighted by molar-refractivity contribution is 6.07. The summed E-state index contributed by atoms with van der Waals surface area (Å²) in [5.41, 5.74) is 7.63. The molecule has 1 aliphatic heterocycles.